The van der Waals surface area contributed by atoms with E-state index in [4.69, 9.17) is 4.74 Å². The molecule has 1 saturated heterocycles. The number of ether oxygens (including phenoxy) is 2. The first kappa shape index (κ1) is 19.1. The molecule has 1 aliphatic rings. The number of amides is 2. The monoisotopic (exact) mass is 358 g/mol. The summed E-state index contributed by atoms with van der Waals surface area (Å²) in [7, 11) is 2.93. The number of nitrogens with zero attached hydrogens (tertiary/aromatic N) is 3. The van der Waals surface area contributed by atoms with Gasteiger partial charge in [-0.3, -0.25) is 4.79 Å². The predicted molar refractivity (Wildman–Crippen MR) is 94.1 cm³/mol. The third kappa shape index (κ3) is 5.14. The van der Waals surface area contributed by atoms with Gasteiger partial charge in [0.15, 0.2) is 0 Å². The molecule has 1 aromatic rings. The zero-order valence-electron chi connectivity index (χ0n) is 14.9. The lowest BCUT2D eigenvalue weighted by Crippen LogP contribution is -2.47. The van der Waals surface area contributed by atoms with Crippen LogP contribution in [0.2, 0.25) is 0 Å². The SMILES string of the molecule is COC(=O)N1CCN(/C=C(/C#N)C(=O)NCc2ccc(OC)cc2)CC1. The second-order valence-electron chi connectivity index (χ2n) is 5.68. The normalized spacial score (nSPS) is 14.4. The van der Waals surface area contributed by atoms with Crippen molar-refractivity contribution < 1.29 is 19.1 Å². The Labute approximate surface area is 152 Å². The number of hydrogen-bond donors (Lipinski definition) is 1. The van der Waals surface area contributed by atoms with Crippen LogP contribution in [0.25, 0.3) is 0 Å². The molecule has 2 rings (SSSR count). The Balaban J connectivity index is 1.88. The first-order chi connectivity index (χ1) is 12.6. The molecule has 0 saturated carbocycles. The molecule has 0 spiro atoms. The number of benzene rings is 1. The molecule has 2 amide bonds. The molecule has 0 atom stereocenters. The van der Waals surface area contributed by atoms with Crippen molar-refractivity contribution in [2.24, 2.45) is 0 Å². The highest BCUT2D eigenvalue weighted by molar-refractivity contribution is 5.97. The number of piperazine rings is 1. The molecule has 0 aliphatic carbocycles. The van der Waals surface area contributed by atoms with Crippen molar-refractivity contribution in [1.82, 2.24) is 15.1 Å². The number of carbonyl (C=O) groups is 2. The van der Waals surface area contributed by atoms with Crippen molar-refractivity contribution >= 4 is 12.0 Å². The van der Waals surface area contributed by atoms with Crippen LogP contribution in [0.5, 0.6) is 5.75 Å². The van der Waals surface area contributed by atoms with Gasteiger partial charge < -0.3 is 24.6 Å². The largest absolute Gasteiger partial charge is 0.497 e. The second kappa shape index (κ2) is 9.32. The highest BCUT2D eigenvalue weighted by Gasteiger charge is 2.21. The van der Waals surface area contributed by atoms with Gasteiger partial charge in [-0.05, 0) is 17.7 Å². The van der Waals surface area contributed by atoms with E-state index in [0.29, 0.717) is 32.7 Å². The van der Waals surface area contributed by atoms with E-state index < -0.39 is 5.91 Å². The number of carbonyl (C=O) groups excluding carboxylic acids is 2. The molecule has 0 unspecified atom stereocenters. The van der Waals surface area contributed by atoms with Crippen molar-refractivity contribution in [2.75, 3.05) is 40.4 Å². The van der Waals surface area contributed by atoms with E-state index in [-0.39, 0.29) is 11.7 Å². The van der Waals surface area contributed by atoms with Gasteiger partial charge in [-0.2, -0.15) is 5.26 Å². The Hall–Kier alpha value is -3.21. The van der Waals surface area contributed by atoms with E-state index in [9.17, 15) is 14.9 Å². The number of nitrogens with one attached hydrogen (secondary N) is 1. The average molecular weight is 358 g/mol. The molecule has 1 aromatic carbocycles. The summed E-state index contributed by atoms with van der Waals surface area (Å²) >= 11 is 0. The summed E-state index contributed by atoms with van der Waals surface area (Å²) in [5, 5.41) is 12.0. The van der Waals surface area contributed by atoms with Crippen molar-refractivity contribution in [3.63, 3.8) is 0 Å². The lowest BCUT2D eigenvalue weighted by atomic mass is 10.2. The van der Waals surface area contributed by atoms with Crippen LogP contribution in [0.15, 0.2) is 36.0 Å². The maximum Gasteiger partial charge on any atom is 0.409 e. The quantitative estimate of drug-likeness (QED) is 0.626. The number of rotatable bonds is 5. The molecular weight excluding hydrogens is 336 g/mol. The molecule has 1 aliphatic heterocycles. The van der Waals surface area contributed by atoms with Crippen LogP contribution in [0, 0.1) is 11.3 Å². The molecule has 138 valence electrons. The van der Waals surface area contributed by atoms with E-state index in [1.807, 2.05) is 35.2 Å². The van der Waals surface area contributed by atoms with Crippen LogP contribution in [0.3, 0.4) is 0 Å². The summed E-state index contributed by atoms with van der Waals surface area (Å²) in [6, 6.07) is 9.24. The van der Waals surface area contributed by atoms with Gasteiger partial charge in [0, 0.05) is 38.9 Å². The molecule has 0 bridgehead atoms. The summed E-state index contributed by atoms with van der Waals surface area (Å²) in [4.78, 5) is 27.1. The van der Waals surface area contributed by atoms with E-state index in [1.54, 1.807) is 12.0 Å². The first-order valence-electron chi connectivity index (χ1n) is 8.17. The molecule has 1 heterocycles. The van der Waals surface area contributed by atoms with Gasteiger partial charge >= 0.3 is 6.09 Å². The van der Waals surface area contributed by atoms with Crippen LogP contribution in [-0.4, -0.2) is 62.2 Å². The minimum absolute atomic E-state index is 0.0324. The standard InChI is InChI=1S/C18H22N4O4/c1-25-16-5-3-14(4-6-16)12-20-17(23)15(11-19)13-21-7-9-22(10-8-21)18(24)26-2/h3-6,13H,7-10,12H2,1-2H3,(H,20,23)/b15-13-. The number of nitriles is 1. The minimum atomic E-state index is -0.432. The minimum Gasteiger partial charge on any atom is -0.497 e. The molecule has 8 nitrogen and oxygen atoms in total. The summed E-state index contributed by atoms with van der Waals surface area (Å²) in [5.74, 6) is 0.308. The topological polar surface area (TPSA) is 94.9 Å². The van der Waals surface area contributed by atoms with Crippen molar-refractivity contribution in [3.05, 3.63) is 41.6 Å². The first-order valence-corrected chi connectivity index (χ1v) is 8.17. The Morgan fingerprint density at radius 2 is 1.85 bits per heavy atom. The summed E-state index contributed by atoms with van der Waals surface area (Å²) in [6.45, 7) is 2.35. The van der Waals surface area contributed by atoms with Crippen molar-refractivity contribution in [3.8, 4) is 11.8 Å². The number of hydrogen-bond acceptors (Lipinski definition) is 6. The van der Waals surface area contributed by atoms with Gasteiger partial charge in [0.05, 0.1) is 14.2 Å². The van der Waals surface area contributed by atoms with Crippen molar-refractivity contribution in [2.45, 2.75) is 6.54 Å². The van der Waals surface area contributed by atoms with Gasteiger partial charge in [-0.15, -0.1) is 0 Å². The van der Waals surface area contributed by atoms with Crippen LogP contribution >= 0.6 is 0 Å². The van der Waals surface area contributed by atoms with Gasteiger partial charge in [-0.1, -0.05) is 12.1 Å². The van der Waals surface area contributed by atoms with E-state index in [2.05, 4.69) is 10.1 Å². The molecule has 0 radical (unpaired) electrons. The maximum absolute atomic E-state index is 12.2. The zero-order valence-corrected chi connectivity index (χ0v) is 14.9. The Kier molecular flexibility index (Phi) is 6.85. The Morgan fingerprint density at radius 3 is 2.38 bits per heavy atom. The fourth-order valence-electron chi connectivity index (χ4n) is 2.50. The summed E-state index contributed by atoms with van der Waals surface area (Å²) in [5.41, 5.74) is 0.938. The number of methoxy groups -OCH3 is 2. The molecule has 1 N–H and O–H groups in total. The maximum atomic E-state index is 12.2. The lowest BCUT2D eigenvalue weighted by Gasteiger charge is -2.33. The van der Waals surface area contributed by atoms with Crippen molar-refractivity contribution in [1.29, 1.82) is 5.26 Å². The lowest BCUT2D eigenvalue weighted by molar-refractivity contribution is -0.117. The van der Waals surface area contributed by atoms with Crippen LogP contribution < -0.4 is 10.1 Å². The van der Waals surface area contributed by atoms with Crippen LogP contribution in [-0.2, 0) is 16.1 Å². The third-order valence-corrected chi connectivity index (χ3v) is 4.04. The Bertz CT molecular complexity index is 701. The van der Waals surface area contributed by atoms with E-state index >= 15 is 0 Å². The molecule has 26 heavy (non-hydrogen) atoms. The molecule has 0 aromatic heterocycles. The molecule has 8 heteroatoms. The summed E-state index contributed by atoms with van der Waals surface area (Å²) in [6.07, 6.45) is 1.17. The smallest absolute Gasteiger partial charge is 0.409 e. The average Bonchev–Trinajstić information content (AvgIpc) is 2.70. The predicted octanol–water partition coefficient (Wildman–Crippen LogP) is 1.10. The van der Waals surface area contributed by atoms with Gasteiger partial charge in [-0.25, -0.2) is 4.79 Å². The van der Waals surface area contributed by atoms with Gasteiger partial charge in [0.2, 0.25) is 0 Å². The highest BCUT2D eigenvalue weighted by atomic mass is 16.5. The fraction of sp³-hybridized carbons (Fsp3) is 0.389. The third-order valence-electron chi connectivity index (χ3n) is 4.04. The second-order valence-corrected chi connectivity index (χ2v) is 5.68. The molecular formula is C18H22N4O4. The van der Waals surface area contributed by atoms with E-state index in [1.165, 1.54) is 13.3 Å². The summed E-state index contributed by atoms with van der Waals surface area (Å²) < 4.78 is 9.77. The van der Waals surface area contributed by atoms with E-state index in [0.717, 1.165) is 11.3 Å². The molecule has 1 fully saturated rings. The highest BCUT2D eigenvalue weighted by Crippen LogP contribution is 2.11. The zero-order chi connectivity index (χ0) is 18.9. The van der Waals surface area contributed by atoms with Gasteiger partial charge in [0.1, 0.15) is 17.4 Å². The Morgan fingerprint density at radius 1 is 1.19 bits per heavy atom. The van der Waals surface area contributed by atoms with Crippen LogP contribution in [0.1, 0.15) is 5.56 Å². The van der Waals surface area contributed by atoms with Crippen LogP contribution in [0.4, 0.5) is 4.79 Å². The fourth-order valence-corrected chi connectivity index (χ4v) is 2.50. The van der Waals surface area contributed by atoms with Gasteiger partial charge in [0.25, 0.3) is 5.91 Å².